The lowest BCUT2D eigenvalue weighted by atomic mass is 10.4. The van der Waals surface area contributed by atoms with Crippen LogP contribution in [0.1, 0.15) is 0 Å². The number of cyclic esters (lactones) is 1. The predicted molar refractivity (Wildman–Crippen MR) is 57.3 cm³/mol. The van der Waals surface area contributed by atoms with Gasteiger partial charge in [0.05, 0.1) is 13.2 Å². The average Bonchev–Trinajstić information content (AvgIpc) is 2.60. The van der Waals surface area contributed by atoms with Crippen molar-refractivity contribution >= 4 is 17.7 Å². The summed E-state index contributed by atoms with van der Waals surface area (Å²) in [5.74, 6) is 0.217. The SMILES string of the molecule is COC1=CC(=O)O[C@H]1Sc1ccccc1. The van der Waals surface area contributed by atoms with Crippen LogP contribution < -0.4 is 0 Å². The molecule has 1 aliphatic heterocycles. The monoisotopic (exact) mass is 222 g/mol. The second kappa shape index (κ2) is 4.40. The number of benzene rings is 1. The Morgan fingerprint density at radius 3 is 2.73 bits per heavy atom. The van der Waals surface area contributed by atoms with Crippen LogP contribution in [-0.4, -0.2) is 18.5 Å². The Kier molecular flexibility index (Phi) is 2.97. The zero-order valence-electron chi connectivity index (χ0n) is 8.17. The normalized spacial score (nSPS) is 19.7. The van der Waals surface area contributed by atoms with Crippen molar-refractivity contribution in [3.05, 3.63) is 42.2 Å². The maximum atomic E-state index is 11.0. The van der Waals surface area contributed by atoms with Gasteiger partial charge in [-0.1, -0.05) is 30.0 Å². The summed E-state index contributed by atoms with van der Waals surface area (Å²) in [6, 6.07) is 9.75. The molecule has 1 aromatic carbocycles. The Bertz CT molecular complexity index is 386. The lowest BCUT2D eigenvalue weighted by Crippen LogP contribution is -2.07. The van der Waals surface area contributed by atoms with Crippen LogP contribution in [0.5, 0.6) is 0 Å². The quantitative estimate of drug-likeness (QED) is 0.734. The summed E-state index contributed by atoms with van der Waals surface area (Å²) in [5, 5.41) is 0. The van der Waals surface area contributed by atoms with Gasteiger partial charge in [0.2, 0.25) is 5.44 Å². The van der Waals surface area contributed by atoms with Crippen LogP contribution in [0.15, 0.2) is 47.1 Å². The van der Waals surface area contributed by atoms with E-state index in [1.807, 2.05) is 30.3 Å². The number of thioether (sulfide) groups is 1. The van der Waals surface area contributed by atoms with E-state index in [1.54, 1.807) is 0 Å². The lowest BCUT2D eigenvalue weighted by Gasteiger charge is -2.12. The third-order valence-corrected chi connectivity index (χ3v) is 3.02. The van der Waals surface area contributed by atoms with Gasteiger partial charge < -0.3 is 9.47 Å². The molecule has 0 saturated heterocycles. The van der Waals surface area contributed by atoms with E-state index in [4.69, 9.17) is 9.47 Å². The standard InChI is InChI=1S/C11H10O3S/c1-13-9-7-10(12)14-11(9)15-8-5-3-2-4-6-8/h2-7,11H,1H3/t11-/m0/s1. The third kappa shape index (κ3) is 2.33. The van der Waals surface area contributed by atoms with Crippen molar-refractivity contribution in [2.75, 3.05) is 7.11 Å². The summed E-state index contributed by atoms with van der Waals surface area (Å²) >= 11 is 1.45. The highest BCUT2D eigenvalue weighted by Gasteiger charge is 2.27. The molecular weight excluding hydrogens is 212 g/mol. The number of rotatable bonds is 3. The first-order valence-corrected chi connectivity index (χ1v) is 5.35. The molecule has 2 rings (SSSR count). The molecule has 0 bridgehead atoms. The highest BCUT2D eigenvalue weighted by atomic mass is 32.2. The van der Waals surface area contributed by atoms with Crippen molar-refractivity contribution in [1.82, 2.24) is 0 Å². The number of hydrogen-bond donors (Lipinski definition) is 0. The van der Waals surface area contributed by atoms with E-state index in [9.17, 15) is 4.79 Å². The summed E-state index contributed by atoms with van der Waals surface area (Å²) in [6.07, 6.45) is 1.38. The summed E-state index contributed by atoms with van der Waals surface area (Å²) in [6.45, 7) is 0. The molecule has 15 heavy (non-hydrogen) atoms. The Hall–Kier alpha value is -1.42. The van der Waals surface area contributed by atoms with Crippen molar-refractivity contribution in [2.24, 2.45) is 0 Å². The van der Waals surface area contributed by atoms with Gasteiger partial charge in [-0.25, -0.2) is 4.79 Å². The van der Waals surface area contributed by atoms with Crippen LogP contribution in [0.25, 0.3) is 0 Å². The van der Waals surface area contributed by atoms with Gasteiger partial charge in [-0.15, -0.1) is 0 Å². The zero-order chi connectivity index (χ0) is 10.7. The average molecular weight is 222 g/mol. The van der Waals surface area contributed by atoms with Gasteiger partial charge >= 0.3 is 5.97 Å². The molecule has 1 aliphatic rings. The molecule has 0 spiro atoms. The number of hydrogen-bond acceptors (Lipinski definition) is 4. The molecule has 0 amide bonds. The Balaban J connectivity index is 2.08. The van der Waals surface area contributed by atoms with Crippen molar-refractivity contribution in [2.45, 2.75) is 10.3 Å². The highest BCUT2D eigenvalue weighted by Crippen LogP contribution is 2.32. The second-order valence-electron chi connectivity index (χ2n) is 2.95. The van der Waals surface area contributed by atoms with E-state index >= 15 is 0 Å². The van der Waals surface area contributed by atoms with Gasteiger partial charge in [-0.05, 0) is 12.1 Å². The first-order chi connectivity index (χ1) is 7.29. The van der Waals surface area contributed by atoms with Crippen LogP contribution >= 0.6 is 11.8 Å². The minimum Gasteiger partial charge on any atom is -0.496 e. The maximum Gasteiger partial charge on any atom is 0.335 e. The number of carbonyl (C=O) groups is 1. The van der Waals surface area contributed by atoms with Gasteiger partial charge in [0.25, 0.3) is 0 Å². The van der Waals surface area contributed by atoms with E-state index in [2.05, 4.69) is 0 Å². The van der Waals surface area contributed by atoms with Gasteiger partial charge in [0.1, 0.15) is 0 Å². The van der Waals surface area contributed by atoms with E-state index in [1.165, 1.54) is 24.9 Å². The zero-order valence-corrected chi connectivity index (χ0v) is 8.99. The Labute approximate surface area is 92.1 Å². The fraction of sp³-hybridized carbons (Fsp3) is 0.182. The van der Waals surface area contributed by atoms with E-state index in [0.717, 1.165) is 4.90 Å². The maximum absolute atomic E-state index is 11.0. The molecule has 1 atom stereocenters. The number of carbonyl (C=O) groups excluding carboxylic acids is 1. The molecule has 4 heteroatoms. The molecule has 0 unspecified atom stereocenters. The summed E-state index contributed by atoms with van der Waals surface area (Å²) < 4.78 is 10.1. The molecule has 1 aromatic rings. The third-order valence-electron chi connectivity index (χ3n) is 1.94. The summed E-state index contributed by atoms with van der Waals surface area (Å²) in [5.41, 5.74) is -0.357. The topological polar surface area (TPSA) is 35.5 Å². The van der Waals surface area contributed by atoms with Gasteiger partial charge in [0, 0.05) is 4.90 Å². The van der Waals surface area contributed by atoms with Crippen molar-refractivity contribution < 1.29 is 14.3 Å². The Morgan fingerprint density at radius 2 is 2.07 bits per heavy atom. The molecule has 1 heterocycles. The van der Waals surface area contributed by atoms with Crippen molar-refractivity contribution in [3.63, 3.8) is 0 Å². The molecule has 0 aromatic heterocycles. The summed E-state index contributed by atoms with van der Waals surface area (Å²) in [7, 11) is 1.53. The fourth-order valence-corrected chi connectivity index (χ4v) is 2.23. The molecule has 0 fully saturated rings. The van der Waals surface area contributed by atoms with E-state index < -0.39 is 0 Å². The van der Waals surface area contributed by atoms with Crippen LogP contribution in [0.3, 0.4) is 0 Å². The molecule has 0 saturated carbocycles. The first kappa shape index (κ1) is 10.1. The van der Waals surface area contributed by atoms with Gasteiger partial charge in [-0.3, -0.25) is 0 Å². The fourth-order valence-electron chi connectivity index (χ4n) is 1.24. The lowest BCUT2D eigenvalue weighted by molar-refractivity contribution is -0.136. The first-order valence-electron chi connectivity index (χ1n) is 4.47. The number of esters is 1. The van der Waals surface area contributed by atoms with Crippen LogP contribution in [0, 0.1) is 0 Å². The molecule has 3 nitrogen and oxygen atoms in total. The van der Waals surface area contributed by atoms with Crippen LogP contribution in [0.4, 0.5) is 0 Å². The minimum atomic E-state index is -0.357. The van der Waals surface area contributed by atoms with E-state index in [-0.39, 0.29) is 11.4 Å². The molecule has 78 valence electrons. The number of ether oxygens (including phenoxy) is 2. The largest absolute Gasteiger partial charge is 0.496 e. The predicted octanol–water partition coefficient (Wildman–Crippen LogP) is 2.19. The minimum absolute atomic E-state index is 0.347. The van der Waals surface area contributed by atoms with Gasteiger partial charge in [-0.2, -0.15) is 0 Å². The highest BCUT2D eigenvalue weighted by molar-refractivity contribution is 8.00. The molecule has 0 aliphatic carbocycles. The summed E-state index contributed by atoms with van der Waals surface area (Å²) in [4.78, 5) is 12.1. The van der Waals surface area contributed by atoms with Crippen LogP contribution in [0.2, 0.25) is 0 Å². The van der Waals surface area contributed by atoms with Crippen LogP contribution in [-0.2, 0) is 14.3 Å². The second-order valence-corrected chi connectivity index (χ2v) is 4.09. The van der Waals surface area contributed by atoms with Crippen molar-refractivity contribution in [3.8, 4) is 0 Å². The molecular formula is C11H10O3S. The van der Waals surface area contributed by atoms with E-state index in [0.29, 0.717) is 5.76 Å². The smallest absolute Gasteiger partial charge is 0.335 e. The Morgan fingerprint density at radius 1 is 1.33 bits per heavy atom. The van der Waals surface area contributed by atoms with Gasteiger partial charge in [0.15, 0.2) is 5.76 Å². The molecule has 0 N–H and O–H groups in total. The number of methoxy groups -OCH3 is 1. The molecule has 0 radical (unpaired) electrons. The van der Waals surface area contributed by atoms with Crippen molar-refractivity contribution in [1.29, 1.82) is 0 Å².